The van der Waals surface area contributed by atoms with Crippen molar-refractivity contribution in [3.63, 3.8) is 0 Å². The molecule has 2 aliphatic carbocycles. The Bertz CT molecular complexity index is 512. The van der Waals surface area contributed by atoms with Crippen LogP contribution < -0.4 is 5.73 Å². The standard InChI is InChI=1S/C16H25N3O2/c17-15-13(11-7-3-1-4-8-11)14(16(20)21)18-19(15)12-9-5-2-6-10-12/h11-12H,1-10,17H2,(H,20,21). The average molecular weight is 291 g/mol. The molecule has 5 heteroatoms. The normalized spacial score (nSPS) is 21.5. The third kappa shape index (κ3) is 2.78. The van der Waals surface area contributed by atoms with Crippen molar-refractivity contribution in [3.05, 3.63) is 11.3 Å². The molecule has 21 heavy (non-hydrogen) atoms. The molecule has 2 aliphatic rings. The third-order valence-corrected chi connectivity index (χ3v) is 5.12. The van der Waals surface area contributed by atoms with E-state index in [1.54, 1.807) is 0 Å². The Kier molecular flexibility index (Phi) is 4.17. The zero-order valence-corrected chi connectivity index (χ0v) is 12.6. The molecule has 0 atom stereocenters. The van der Waals surface area contributed by atoms with Crippen LogP contribution in [0.3, 0.4) is 0 Å². The summed E-state index contributed by atoms with van der Waals surface area (Å²) in [7, 11) is 0. The topological polar surface area (TPSA) is 81.1 Å². The first-order valence-electron chi connectivity index (χ1n) is 8.29. The Hall–Kier alpha value is -1.52. The predicted octanol–water partition coefficient (Wildman–Crippen LogP) is 3.72. The van der Waals surface area contributed by atoms with Gasteiger partial charge in [0.1, 0.15) is 5.82 Å². The molecule has 0 spiro atoms. The Balaban J connectivity index is 1.96. The maximum absolute atomic E-state index is 11.6. The number of aromatic carboxylic acids is 1. The fraction of sp³-hybridized carbons (Fsp3) is 0.750. The lowest BCUT2D eigenvalue weighted by Crippen LogP contribution is -2.17. The second-order valence-electron chi connectivity index (χ2n) is 6.52. The van der Waals surface area contributed by atoms with Gasteiger partial charge in [-0.2, -0.15) is 5.10 Å². The molecular formula is C16H25N3O2. The lowest BCUT2D eigenvalue weighted by molar-refractivity contribution is 0.0686. The van der Waals surface area contributed by atoms with Crippen LogP contribution in [-0.2, 0) is 0 Å². The van der Waals surface area contributed by atoms with E-state index in [1.807, 2.05) is 4.68 Å². The molecule has 2 saturated carbocycles. The Labute approximate surface area is 125 Å². The molecule has 1 aromatic heterocycles. The summed E-state index contributed by atoms with van der Waals surface area (Å²) in [6.45, 7) is 0. The minimum Gasteiger partial charge on any atom is -0.476 e. The van der Waals surface area contributed by atoms with Crippen molar-refractivity contribution >= 4 is 11.8 Å². The summed E-state index contributed by atoms with van der Waals surface area (Å²) in [5, 5.41) is 13.9. The van der Waals surface area contributed by atoms with Gasteiger partial charge < -0.3 is 10.8 Å². The van der Waals surface area contributed by atoms with E-state index < -0.39 is 5.97 Å². The molecular weight excluding hydrogens is 266 g/mol. The molecule has 2 fully saturated rings. The maximum atomic E-state index is 11.6. The van der Waals surface area contributed by atoms with Gasteiger partial charge in [0.2, 0.25) is 0 Å². The van der Waals surface area contributed by atoms with E-state index in [4.69, 9.17) is 5.73 Å². The average Bonchev–Trinajstić information content (AvgIpc) is 2.87. The van der Waals surface area contributed by atoms with Crippen molar-refractivity contribution in [1.82, 2.24) is 9.78 Å². The molecule has 1 aromatic rings. The van der Waals surface area contributed by atoms with E-state index in [0.717, 1.165) is 44.1 Å². The predicted molar refractivity (Wildman–Crippen MR) is 81.5 cm³/mol. The van der Waals surface area contributed by atoms with Gasteiger partial charge >= 0.3 is 5.97 Å². The van der Waals surface area contributed by atoms with Gasteiger partial charge in [-0.3, -0.25) is 0 Å². The van der Waals surface area contributed by atoms with Crippen LogP contribution in [0, 0.1) is 0 Å². The Morgan fingerprint density at radius 2 is 1.62 bits per heavy atom. The van der Waals surface area contributed by atoms with E-state index in [0.29, 0.717) is 5.82 Å². The first kappa shape index (κ1) is 14.4. The van der Waals surface area contributed by atoms with Crippen molar-refractivity contribution in [2.75, 3.05) is 5.73 Å². The number of nitrogen functional groups attached to an aromatic ring is 1. The van der Waals surface area contributed by atoms with Crippen molar-refractivity contribution < 1.29 is 9.90 Å². The van der Waals surface area contributed by atoms with Crippen LogP contribution in [0.25, 0.3) is 0 Å². The van der Waals surface area contributed by atoms with E-state index >= 15 is 0 Å². The molecule has 0 aromatic carbocycles. The maximum Gasteiger partial charge on any atom is 0.356 e. The second-order valence-corrected chi connectivity index (χ2v) is 6.52. The third-order valence-electron chi connectivity index (χ3n) is 5.12. The van der Waals surface area contributed by atoms with Crippen LogP contribution in [0.15, 0.2) is 0 Å². The van der Waals surface area contributed by atoms with E-state index in [9.17, 15) is 9.90 Å². The highest BCUT2D eigenvalue weighted by Crippen LogP contribution is 2.40. The smallest absolute Gasteiger partial charge is 0.356 e. The molecule has 5 nitrogen and oxygen atoms in total. The van der Waals surface area contributed by atoms with Crippen molar-refractivity contribution in [1.29, 1.82) is 0 Å². The van der Waals surface area contributed by atoms with Crippen LogP contribution in [0.4, 0.5) is 5.82 Å². The van der Waals surface area contributed by atoms with Gasteiger partial charge in [-0.15, -0.1) is 0 Å². The minimum atomic E-state index is -0.933. The van der Waals surface area contributed by atoms with E-state index in [2.05, 4.69) is 5.10 Å². The molecule has 1 heterocycles. The van der Waals surface area contributed by atoms with Crippen LogP contribution in [0.5, 0.6) is 0 Å². The number of carboxylic acids is 1. The Morgan fingerprint density at radius 1 is 1.05 bits per heavy atom. The van der Waals surface area contributed by atoms with Crippen LogP contribution >= 0.6 is 0 Å². The van der Waals surface area contributed by atoms with Gasteiger partial charge in [0.15, 0.2) is 5.69 Å². The molecule has 0 bridgehead atoms. The van der Waals surface area contributed by atoms with Crippen LogP contribution in [-0.4, -0.2) is 20.9 Å². The van der Waals surface area contributed by atoms with Gasteiger partial charge in [-0.05, 0) is 31.6 Å². The van der Waals surface area contributed by atoms with Crippen LogP contribution in [0.1, 0.15) is 92.2 Å². The number of anilines is 1. The number of hydrogen-bond donors (Lipinski definition) is 2. The molecule has 116 valence electrons. The van der Waals surface area contributed by atoms with Crippen molar-refractivity contribution in [2.24, 2.45) is 0 Å². The second kappa shape index (κ2) is 6.08. The summed E-state index contributed by atoms with van der Waals surface area (Å²) >= 11 is 0. The lowest BCUT2D eigenvalue weighted by atomic mass is 9.83. The summed E-state index contributed by atoms with van der Waals surface area (Å²) in [6.07, 6.45) is 11.4. The first-order chi connectivity index (χ1) is 10.2. The number of nitrogens with two attached hydrogens (primary N) is 1. The quantitative estimate of drug-likeness (QED) is 0.889. The van der Waals surface area contributed by atoms with Gasteiger partial charge in [0.05, 0.1) is 6.04 Å². The molecule has 0 amide bonds. The fourth-order valence-electron chi connectivity index (χ4n) is 4.02. The van der Waals surface area contributed by atoms with E-state index in [1.165, 1.54) is 25.7 Å². The number of carboxylic acid groups (broad SMARTS) is 1. The molecule has 3 rings (SSSR count). The van der Waals surface area contributed by atoms with Crippen molar-refractivity contribution in [3.8, 4) is 0 Å². The summed E-state index contributed by atoms with van der Waals surface area (Å²) in [5.74, 6) is -0.0368. The Morgan fingerprint density at radius 3 is 2.19 bits per heavy atom. The summed E-state index contributed by atoms with van der Waals surface area (Å²) in [4.78, 5) is 11.6. The van der Waals surface area contributed by atoms with Gasteiger partial charge in [-0.25, -0.2) is 9.48 Å². The van der Waals surface area contributed by atoms with Crippen molar-refractivity contribution in [2.45, 2.75) is 76.2 Å². The minimum absolute atomic E-state index is 0.199. The largest absolute Gasteiger partial charge is 0.476 e. The summed E-state index contributed by atoms with van der Waals surface area (Å²) in [5.41, 5.74) is 7.35. The monoisotopic (exact) mass is 291 g/mol. The fourth-order valence-corrected chi connectivity index (χ4v) is 4.02. The highest BCUT2D eigenvalue weighted by molar-refractivity contribution is 5.89. The van der Waals surface area contributed by atoms with Crippen LogP contribution in [0.2, 0.25) is 0 Å². The van der Waals surface area contributed by atoms with Gasteiger partial charge in [0, 0.05) is 5.56 Å². The zero-order chi connectivity index (χ0) is 14.8. The lowest BCUT2D eigenvalue weighted by Gasteiger charge is -2.24. The SMILES string of the molecule is Nc1c(C2CCCCC2)c(C(=O)O)nn1C1CCCCC1. The summed E-state index contributed by atoms with van der Waals surface area (Å²) < 4.78 is 1.83. The highest BCUT2D eigenvalue weighted by Gasteiger charge is 2.30. The number of carbonyl (C=O) groups is 1. The van der Waals surface area contributed by atoms with Gasteiger partial charge in [0.25, 0.3) is 0 Å². The molecule has 3 N–H and O–H groups in total. The molecule has 0 unspecified atom stereocenters. The molecule has 0 aliphatic heterocycles. The number of rotatable bonds is 3. The van der Waals surface area contributed by atoms with Gasteiger partial charge in [-0.1, -0.05) is 38.5 Å². The zero-order valence-electron chi connectivity index (χ0n) is 12.6. The number of hydrogen-bond acceptors (Lipinski definition) is 3. The number of nitrogens with zero attached hydrogens (tertiary/aromatic N) is 2. The number of aromatic nitrogens is 2. The highest BCUT2D eigenvalue weighted by atomic mass is 16.4. The first-order valence-corrected chi connectivity index (χ1v) is 8.29. The molecule has 0 radical (unpaired) electrons. The van der Waals surface area contributed by atoms with E-state index in [-0.39, 0.29) is 17.7 Å². The molecule has 0 saturated heterocycles. The summed E-state index contributed by atoms with van der Waals surface area (Å²) in [6, 6.07) is 0.286.